The van der Waals surface area contributed by atoms with Crippen LogP contribution in [0.1, 0.15) is 20.8 Å². The Hall–Kier alpha value is -1.23. The monoisotopic (exact) mass is 329 g/mol. The summed E-state index contributed by atoms with van der Waals surface area (Å²) >= 11 is 3.27. The van der Waals surface area contributed by atoms with Crippen molar-refractivity contribution in [2.24, 2.45) is 0 Å². The molecule has 1 saturated heterocycles. The molecule has 0 bridgehead atoms. The van der Waals surface area contributed by atoms with E-state index in [1.54, 1.807) is 13.1 Å². The minimum Gasteiger partial charge on any atom is -0.491 e. The maximum absolute atomic E-state index is 12.0. The number of rotatable bonds is 2. The van der Waals surface area contributed by atoms with Gasteiger partial charge in [-0.25, -0.2) is 4.79 Å². The predicted molar refractivity (Wildman–Crippen MR) is 79.0 cm³/mol. The molecule has 1 atom stereocenters. The van der Waals surface area contributed by atoms with Gasteiger partial charge in [0.05, 0.1) is 6.04 Å². The van der Waals surface area contributed by atoms with Crippen LogP contribution in [0.5, 0.6) is 0 Å². The molecule has 4 nitrogen and oxygen atoms in total. The summed E-state index contributed by atoms with van der Waals surface area (Å²) in [7, 11) is 1.69. The van der Waals surface area contributed by atoms with Crippen LogP contribution in [0.15, 0.2) is 35.0 Å². The van der Waals surface area contributed by atoms with Crippen LogP contribution in [0.4, 0.5) is 4.79 Å². The lowest BCUT2D eigenvalue weighted by Crippen LogP contribution is -2.41. The Kier molecular flexibility index (Phi) is 4.85. The fourth-order valence-corrected chi connectivity index (χ4v) is 1.91. The molecule has 0 aromatic carbocycles. The van der Waals surface area contributed by atoms with Crippen molar-refractivity contribution < 1.29 is 14.3 Å². The Morgan fingerprint density at radius 2 is 2.16 bits per heavy atom. The Balaban J connectivity index is 2.87. The Labute approximate surface area is 122 Å². The van der Waals surface area contributed by atoms with E-state index in [1.807, 2.05) is 20.8 Å². The van der Waals surface area contributed by atoms with Crippen molar-refractivity contribution in [3.8, 4) is 0 Å². The Morgan fingerprint density at radius 3 is 2.63 bits per heavy atom. The van der Waals surface area contributed by atoms with Gasteiger partial charge in [0.25, 0.3) is 0 Å². The number of amides is 1. The van der Waals surface area contributed by atoms with E-state index in [0.717, 1.165) is 5.57 Å². The first-order valence-electron chi connectivity index (χ1n) is 5.95. The van der Waals surface area contributed by atoms with Gasteiger partial charge in [0, 0.05) is 17.1 Å². The molecule has 0 aromatic rings. The molecular weight excluding hydrogens is 310 g/mol. The number of nitrogens with zero attached hydrogens (tertiary/aromatic N) is 1. The third kappa shape index (κ3) is 4.42. The molecule has 1 aliphatic heterocycles. The minimum atomic E-state index is -0.523. The largest absolute Gasteiger partial charge is 0.491 e. The lowest BCUT2D eigenvalue weighted by atomic mass is 10.1. The van der Waals surface area contributed by atoms with Gasteiger partial charge < -0.3 is 14.4 Å². The second kappa shape index (κ2) is 5.82. The zero-order valence-electron chi connectivity index (χ0n) is 11.8. The first-order valence-corrected chi connectivity index (χ1v) is 6.75. The lowest BCUT2D eigenvalue weighted by molar-refractivity contribution is 0.0230. The fraction of sp³-hybridized carbons (Fsp3) is 0.500. The van der Waals surface area contributed by atoms with E-state index in [0.29, 0.717) is 16.8 Å². The summed E-state index contributed by atoms with van der Waals surface area (Å²) in [6.45, 7) is 13.5. The van der Waals surface area contributed by atoms with Crippen LogP contribution < -0.4 is 0 Å². The van der Waals surface area contributed by atoms with Crippen molar-refractivity contribution in [2.75, 3.05) is 13.7 Å². The molecule has 1 aliphatic rings. The van der Waals surface area contributed by atoms with Crippen LogP contribution in [-0.4, -0.2) is 36.3 Å². The van der Waals surface area contributed by atoms with E-state index >= 15 is 0 Å². The summed E-state index contributed by atoms with van der Waals surface area (Å²) in [5.74, 6) is 0.556. The van der Waals surface area contributed by atoms with Gasteiger partial charge in [0.2, 0.25) is 0 Å². The smallest absolute Gasteiger partial charge is 0.410 e. The van der Waals surface area contributed by atoms with E-state index in [1.165, 1.54) is 4.90 Å². The van der Waals surface area contributed by atoms with Crippen molar-refractivity contribution in [3.63, 3.8) is 0 Å². The van der Waals surface area contributed by atoms with Crippen molar-refractivity contribution in [2.45, 2.75) is 32.4 Å². The number of carbonyl (C=O) groups excluding carboxylic acids is 1. The third-order valence-electron chi connectivity index (χ3n) is 2.56. The standard InChI is InChI=1S/C14H20BrNO3/c1-9(15)7-11-10(2)18-8-12(11)16(6)13(17)19-14(3,4)5/h7,12H,1-2,8H2,3-6H3/b11-7+. The summed E-state index contributed by atoms with van der Waals surface area (Å²) in [6.07, 6.45) is 1.42. The molecule has 0 aliphatic carbocycles. The third-order valence-corrected chi connectivity index (χ3v) is 2.79. The van der Waals surface area contributed by atoms with Gasteiger partial charge in [-0.3, -0.25) is 0 Å². The van der Waals surface area contributed by atoms with Gasteiger partial charge in [-0.1, -0.05) is 29.1 Å². The second-order valence-electron chi connectivity index (χ2n) is 5.39. The normalized spacial score (nSPS) is 21.2. The molecule has 5 heteroatoms. The Morgan fingerprint density at radius 1 is 1.58 bits per heavy atom. The van der Waals surface area contributed by atoms with E-state index in [-0.39, 0.29) is 12.1 Å². The number of allylic oxidation sites excluding steroid dienone is 2. The molecule has 1 unspecified atom stereocenters. The molecule has 0 spiro atoms. The van der Waals surface area contributed by atoms with Crippen molar-refractivity contribution >= 4 is 22.0 Å². The van der Waals surface area contributed by atoms with Crippen LogP contribution >= 0.6 is 15.9 Å². The van der Waals surface area contributed by atoms with Crippen LogP contribution in [0.25, 0.3) is 0 Å². The SMILES string of the molecule is C=C(Br)/C=C1\C(=C)OCC1N(C)C(=O)OC(C)(C)C. The van der Waals surface area contributed by atoms with Gasteiger partial charge >= 0.3 is 6.09 Å². The molecule has 0 N–H and O–H groups in total. The number of likely N-dealkylation sites (N-methyl/N-ethyl adjacent to an activating group) is 1. The molecular formula is C14H20BrNO3. The number of hydrogen-bond donors (Lipinski definition) is 0. The van der Waals surface area contributed by atoms with E-state index < -0.39 is 5.60 Å². The molecule has 1 amide bonds. The Bertz CT molecular complexity index is 434. The highest BCUT2D eigenvalue weighted by Gasteiger charge is 2.34. The molecule has 1 rings (SSSR count). The molecule has 1 fully saturated rings. The topological polar surface area (TPSA) is 38.8 Å². The van der Waals surface area contributed by atoms with E-state index in [9.17, 15) is 4.79 Å². The predicted octanol–water partition coefficient (Wildman–Crippen LogP) is 3.60. The average Bonchev–Trinajstić information content (AvgIpc) is 2.56. The van der Waals surface area contributed by atoms with Crippen molar-refractivity contribution in [3.05, 3.63) is 35.0 Å². The summed E-state index contributed by atoms with van der Waals surface area (Å²) in [5.41, 5.74) is 0.306. The van der Waals surface area contributed by atoms with Gasteiger partial charge in [-0.15, -0.1) is 0 Å². The first kappa shape index (κ1) is 15.8. The zero-order chi connectivity index (χ0) is 14.8. The van der Waals surface area contributed by atoms with Crippen molar-refractivity contribution in [1.82, 2.24) is 4.90 Å². The fourth-order valence-electron chi connectivity index (χ4n) is 1.67. The zero-order valence-corrected chi connectivity index (χ0v) is 13.4. The van der Waals surface area contributed by atoms with Gasteiger partial charge in [0.1, 0.15) is 18.0 Å². The van der Waals surface area contributed by atoms with Gasteiger partial charge in [-0.05, 0) is 26.8 Å². The van der Waals surface area contributed by atoms with Crippen LogP contribution in [0, 0.1) is 0 Å². The van der Waals surface area contributed by atoms with E-state index in [4.69, 9.17) is 9.47 Å². The second-order valence-corrected chi connectivity index (χ2v) is 6.41. The van der Waals surface area contributed by atoms with Crippen molar-refractivity contribution in [1.29, 1.82) is 0 Å². The molecule has 0 saturated carbocycles. The maximum atomic E-state index is 12.0. The highest BCUT2D eigenvalue weighted by Crippen LogP contribution is 2.29. The van der Waals surface area contributed by atoms with Gasteiger partial charge in [-0.2, -0.15) is 0 Å². The van der Waals surface area contributed by atoms with Crippen LogP contribution in [0.2, 0.25) is 0 Å². The summed E-state index contributed by atoms with van der Waals surface area (Å²) in [5, 5.41) is 0. The van der Waals surface area contributed by atoms with Gasteiger partial charge in [0.15, 0.2) is 0 Å². The lowest BCUT2D eigenvalue weighted by Gasteiger charge is -2.28. The molecule has 19 heavy (non-hydrogen) atoms. The molecule has 106 valence electrons. The summed E-state index contributed by atoms with van der Waals surface area (Å²) in [6, 6.07) is -0.211. The quantitative estimate of drug-likeness (QED) is 0.776. The molecule has 0 radical (unpaired) electrons. The van der Waals surface area contributed by atoms with Crippen LogP contribution in [-0.2, 0) is 9.47 Å². The number of hydrogen-bond acceptors (Lipinski definition) is 3. The summed E-state index contributed by atoms with van der Waals surface area (Å²) in [4.78, 5) is 13.6. The number of halogens is 1. The average molecular weight is 330 g/mol. The minimum absolute atomic E-state index is 0.211. The molecule has 1 heterocycles. The first-order chi connectivity index (χ1) is 8.61. The summed E-state index contributed by atoms with van der Waals surface area (Å²) < 4.78 is 11.5. The highest BCUT2D eigenvalue weighted by molar-refractivity contribution is 9.11. The highest BCUT2D eigenvalue weighted by atomic mass is 79.9. The van der Waals surface area contributed by atoms with Crippen LogP contribution in [0.3, 0.4) is 0 Å². The molecule has 0 aromatic heterocycles. The number of carbonyl (C=O) groups is 1. The maximum Gasteiger partial charge on any atom is 0.410 e. The van der Waals surface area contributed by atoms with E-state index in [2.05, 4.69) is 29.1 Å². The number of ether oxygens (including phenoxy) is 2.